The first-order chi connectivity index (χ1) is 10.4. The van der Waals surface area contributed by atoms with Crippen molar-refractivity contribution in [2.24, 2.45) is 5.41 Å². The maximum atomic E-state index is 12.5. The molecule has 1 N–H and O–H groups in total. The predicted octanol–water partition coefficient (Wildman–Crippen LogP) is 4.56. The normalized spacial score (nSPS) is 11.1. The molecule has 0 saturated heterocycles. The third-order valence-electron chi connectivity index (χ3n) is 3.52. The second-order valence-electron chi connectivity index (χ2n) is 5.87. The Balaban J connectivity index is 2.04. The molecule has 4 heteroatoms. The maximum Gasteiger partial charge on any atom is 0.230 e. The van der Waals surface area contributed by atoms with E-state index in [-0.39, 0.29) is 5.91 Å². The molecular formula is C18H20ClNO2. The van der Waals surface area contributed by atoms with Crippen LogP contribution in [0.3, 0.4) is 0 Å². The maximum absolute atomic E-state index is 12.5. The van der Waals surface area contributed by atoms with Gasteiger partial charge in [-0.1, -0.05) is 37.6 Å². The van der Waals surface area contributed by atoms with Crippen LogP contribution >= 0.6 is 11.6 Å². The number of carbonyl (C=O) groups is 1. The summed E-state index contributed by atoms with van der Waals surface area (Å²) >= 11 is 5.89. The van der Waals surface area contributed by atoms with Gasteiger partial charge in [0.25, 0.3) is 0 Å². The average molecular weight is 318 g/mol. The Morgan fingerprint density at radius 2 is 1.68 bits per heavy atom. The summed E-state index contributed by atoms with van der Waals surface area (Å²) in [5.74, 6) is 0.742. The van der Waals surface area contributed by atoms with Crippen molar-refractivity contribution in [3.63, 3.8) is 0 Å². The number of hydrogen-bond donors (Lipinski definition) is 1. The molecule has 0 saturated carbocycles. The van der Waals surface area contributed by atoms with Gasteiger partial charge in [0.05, 0.1) is 7.11 Å². The van der Waals surface area contributed by atoms with E-state index in [9.17, 15) is 4.79 Å². The summed E-state index contributed by atoms with van der Waals surface area (Å²) in [5, 5.41) is 3.64. The number of hydrogen-bond acceptors (Lipinski definition) is 2. The molecule has 0 aromatic heterocycles. The Bertz CT molecular complexity index is 633. The van der Waals surface area contributed by atoms with Crippen molar-refractivity contribution in [2.75, 3.05) is 12.4 Å². The topological polar surface area (TPSA) is 38.3 Å². The molecule has 0 fully saturated rings. The van der Waals surface area contributed by atoms with E-state index in [1.54, 1.807) is 7.11 Å². The van der Waals surface area contributed by atoms with E-state index in [1.165, 1.54) is 0 Å². The highest BCUT2D eigenvalue weighted by Crippen LogP contribution is 2.25. The summed E-state index contributed by atoms with van der Waals surface area (Å²) in [6.07, 6.45) is 0.645. The van der Waals surface area contributed by atoms with Crippen LogP contribution in [-0.4, -0.2) is 13.0 Å². The van der Waals surface area contributed by atoms with Gasteiger partial charge in [0.15, 0.2) is 0 Å². The van der Waals surface area contributed by atoms with Crippen molar-refractivity contribution in [1.82, 2.24) is 0 Å². The highest BCUT2D eigenvalue weighted by atomic mass is 35.5. The molecule has 0 aliphatic heterocycles. The van der Waals surface area contributed by atoms with Crippen molar-refractivity contribution < 1.29 is 9.53 Å². The van der Waals surface area contributed by atoms with Gasteiger partial charge >= 0.3 is 0 Å². The molecule has 0 aliphatic carbocycles. The number of methoxy groups -OCH3 is 1. The lowest BCUT2D eigenvalue weighted by Gasteiger charge is -2.24. The van der Waals surface area contributed by atoms with Crippen LogP contribution in [0.15, 0.2) is 48.5 Å². The standard InChI is InChI=1S/C18H20ClNO2/c1-18(2,12-13-4-6-14(19)7-5-13)17(21)20-15-8-10-16(22-3)11-9-15/h4-11H,12H2,1-3H3,(H,20,21). The fourth-order valence-electron chi connectivity index (χ4n) is 2.17. The Labute approximate surface area is 136 Å². The third-order valence-corrected chi connectivity index (χ3v) is 3.77. The van der Waals surface area contributed by atoms with Crippen LogP contribution in [0.25, 0.3) is 0 Å². The number of nitrogens with one attached hydrogen (secondary N) is 1. The second-order valence-corrected chi connectivity index (χ2v) is 6.31. The molecule has 2 aromatic carbocycles. The Hall–Kier alpha value is -2.00. The Morgan fingerprint density at radius 3 is 2.23 bits per heavy atom. The fourth-order valence-corrected chi connectivity index (χ4v) is 2.29. The molecule has 0 spiro atoms. The number of amides is 1. The fraction of sp³-hybridized carbons (Fsp3) is 0.278. The van der Waals surface area contributed by atoms with Gasteiger partial charge in [-0.2, -0.15) is 0 Å². The molecule has 0 radical (unpaired) electrons. The smallest absolute Gasteiger partial charge is 0.230 e. The highest BCUT2D eigenvalue weighted by Gasteiger charge is 2.28. The predicted molar refractivity (Wildman–Crippen MR) is 90.6 cm³/mol. The van der Waals surface area contributed by atoms with Crippen LogP contribution in [0.1, 0.15) is 19.4 Å². The van der Waals surface area contributed by atoms with Crippen molar-refractivity contribution in [2.45, 2.75) is 20.3 Å². The zero-order chi connectivity index (χ0) is 16.2. The summed E-state index contributed by atoms with van der Waals surface area (Å²) in [7, 11) is 1.61. The molecule has 2 aromatic rings. The molecule has 0 bridgehead atoms. The van der Waals surface area contributed by atoms with Gasteiger partial charge in [-0.25, -0.2) is 0 Å². The number of anilines is 1. The molecule has 0 unspecified atom stereocenters. The lowest BCUT2D eigenvalue weighted by atomic mass is 9.84. The average Bonchev–Trinajstić information content (AvgIpc) is 2.50. The first-order valence-corrected chi connectivity index (χ1v) is 7.48. The van der Waals surface area contributed by atoms with Crippen LogP contribution in [-0.2, 0) is 11.2 Å². The van der Waals surface area contributed by atoms with Crippen molar-refractivity contribution in [3.05, 3.63) is 59.1 Å². The summed E-state index contributed by atoms with van der Waals surface area (Å²) in [5.41, 5.74) is 1.32. The van der Waals surface area contributed by atoms with Gasteiger partial charge in [0.1, 0.15) is 5.75 Å². The SMILES string of the molecule is COc1ccc(NC(=O)C(C)(C)Cc2ccc(Cl)cc2)cc1. The monoisotopic (exact) mass is 317 g/mol. The van der Waals surface area contributed by atoms with E-state index in [0.29, 0.717) is 11.4 Å². The Kier molecular flexibility index (Phi) is 5.09. The van der Waals surface area contributed by atoms with Crippen LogP contribution in [0.4, 0.5) is 5.69 Å². The molecule has 22 heavy (non-hydrogen) atoms. The minimum absolute atomic E-state index is 0.0207. The van der Waals surface area contributed by atoms with E-state index in [2.05, 4.69) is 5.32 Å². The van der Waals surface area contributed by atoms with Gasteiger partial charge in [0.2, 0.25) is 5.91 Å². The molecule has 2 rings (SSSR count). The number of benzene rings is 2. The molecule has 0 aliphatic rings. The minimum atomic E-state index is -0.520. The molecule has 1 amide bonds. The molecule has 0 heterocycles. The van der Waals surface area contributed by atoms with Crippen LogP contribution in [0.2, 0.25) is 5.02 Å². The molecule has 3 nitrogen and oxygen atoms in total. The van der Waals surface area contributed by atoms with E-state index in [4.69, 9.17) is 16.3 Å². The van der Waals surface area contributed by atoms with Crippen LogP contribution in [0, 0.1) is 5.41 Å². The first kappa shape index (κ1) is 16.4. The first-order valence-electron chi connectivity index (χ1n) is 7.11. The van der Waals surface area contributed by atoms with E-state index in [0.717, 1.165) is 17.0 Å². The lowest BCUT2D eigenvalue weighted by molar-refractivity contribution is -0.123. The Morgan fingerprint density at radius 1 is 1.09 bits per heavy atom. The van der Waals surface area contributed by atoms with Crippen molar-refractivity contribution in [1.29, 1.82) is 0 Å². The molecule has 116 valence electrons. The van der Waals surface area contributed by atoms with Crippen molar-refractivity contribution >= 4 is 23.2 Å². The van der Waals surface area contributed by atoms with Gasteiger partial charge in [-0.15, -0.1) is 0 Å². The number of halogens is 1. The number of rotatable bonds is 5. The minimum Gasteiger partial charge on any atom is -0.497 e. The zero-order valence-corrected chi connectivity index (χ0v) is 13.8. The summed E-state index contributed by atoms with van der Waals surface area (Å²) in [6.45, 7) is 3.86. The summed E-state index contributed by atoms with van der Waals surface area (Å²) in [4.78, 5) is 12.5. The van der Waals surface area contributed by atoms with Gasteiger partial charge in [-0.05, 0) is 48.4 Å². The van der Waals surface area contributed by atoms with Crippen LogP contribution in [0.5, 0.6) is 5.75 Å². The van der Waals surface area contributed by atoms with E-state index in [1.807, 2.05) is 62.4 Å². The van der Waals surface area contributed by atoms with Crippen LogP contribution < -0.4 is 10.1 Å². The largest absolute Gasteiger partial charge is 0.497 e. The van der Waals surface area contributed by atoms with Gasteiger partial charge < -0.3 is 10.1 Å². The third kappa shape index (κ3) is 4.25. The van der Waals surface area contributed by atoms with Crippen molar-refractivity contribution in [3.8, 4) is 5.75 Å². The van der Waals surface area contributed by atoms with Gasteiger partial charge in [0, 0.05) is 16.1 Å². The summed E-state index contributed by atoms with van der Waals surface area (Å²) < 4.78 is 5.11. The number of carbonyl (C=O) groups excluding carboxylic acids is 1. The van der Waals surface area contributed by atoms with E-state index < -0.39 is 5.41 Å². The summed E-state index contributed by atoms with van der Waals surface area (Å²) in [6, 6.07) is 14.9. The lowest BCUT2D eigenvalue weighted by Crippen LogP contribution is -2.32. The van der Waals surface area contributed by atoms with E-state index >= 15 is 0 Å². The quantitative estimate of drug-likeness (QED) is 0.878. The zero-order valence-electron chi connectivity index (χ0n) is 13.0. The molecule has 0 atom stereocenters. The number of ether oxygens (including phenoxy) is 1. The molecular weight excluding hydrogens is 298 g/mol. The van der Waals surface area contributed by atoms with Gasteiger partial charge in [-0.3, -0.25) is 4.79 Å². The second kappa shape index (κ2) is 6.84. The highest BCUT2D eigenvalue weighted by molar-refractivity contribution is 6.30.